The van der Waals surface area contributed by atoms with Gasteiger partial charge in [0.1, 0.15) is 0 Å². The predicted molar refractivity (Wildman–Crippen MR) is 109 cm³/mol. The van der Waals surface area contributed by atoms with Crippen LogP contribution in [-0.2, 0) is 16.4 Å². The number of hydrogen-bond donors (Lipinski definition) is 1. The first kappa shape index (κ1) is 17.9. The highest BCUT2D eigenvalue weighted by atomic mass is 32.2. The van der Waals surface area contributed by atoms with Gasteiger partial charge in [0.05, 0.1) is 22.2 Å². The quantitative estimate of drug-likeness (QED) is 0.728. The molecule has 0 radical (unpaired) electrons. The molecule has 8 heteroatoms. The van der Waals surface area contributed by atoms with Crippen molar-refractivity contribution in [3.8, 4) is 0 Å². The summed E-state index contributed by atoms with van der Waals surface area (Å²) in [7, 11) is -3.34. The van der Waals surface area contributed by atoms with E-state index < -0.39 is 10.0 Å². The van der Waals surface area contributed by atoms with E-state index in [1.54, 1.807) is 18.2 Å². The average molecular weight is 402 g/mol. The lowest BCUT2D eigenvalue weighted by atomic mass is 10.1. The van der Waals surface area contributed by atoms with E-state index >= 15 is 0 Å². The number of para-hydroxylation sites is 1. The molecule has 3 aromatic rings. The van der Waals surface area contributed by atoms with Gasteiger partial charge in [-0.3, -0.25) is 14.4 Å². The highest BCUT2D eigenvalue weighted by Crippen LogP contribution is 2.35. The number of rotatable bonds is 3. The largest absolute Gasteiger partial charge is 0.298 e. The number of carbonyl (C=O) groups is 1. The highest BCUT2D eigenvalue weighted by molar-refractivity contribution is 7.92. The number of thiazole rings is 1. The maximum atomic E-state index is 12.7. The van der Waals surface area contributed by atoms with Gasteiger partial charge in [0.2, 0.25) is 10.0 Å². The van der Waals surface area contributed by atoms with Crippen LogP contribution in [0.25, 0.3) is 10.2 Å². The zero-order chi connectivity index (χ0) is 19.3. The van der Waals surface area contributed by atoms with E-state index in [0.29, 0.717) is 22.8 Å². The van der Waals surface area contributed by atoms with Crippen LogP contribution < -0.4 is 9.62 Å². The minimum absolute atomic E-state index is 0.152. The van der Waals surface area contributed by atoms with E-state index in [0.717, 1.165) is 21.3 Å². The number of nitrogens with zero attached hydrogens (tertiary/aromatic N) is 2. The first-order chi connectivity index (χ1) is 12.7. The van der Waals surface area contributed by atoms with Gasteiger partial charge in [-0.1, -0.05) is 23.5 Å². The Kier molecular flexibility index (Phi) is 4.20. The number of anilines is 2. The third-order valence-electron chi connectivity index (χ3n) is 4.69. The van der Waals surface area contributed by atoms with E-state index in [1.165, 1.54) is 21.9 Å². The van der Waals surface area contributed by atoms with Crippen LogP contribution in [-0.4, -0.2) is 31.6 Å². The summed E-state index contributed by atoms with van der Waals surface area (Å²) in [5.74, 6) is -0.250. The number of fused-ring (bicyclic) bond motifs is 2. The lowest BCUT2D eigenvalue weighted by molar-refractivity contribution is 0.102. The van der Waals surface area contributed by atoms with Gasteiger partial charge < -0.3 is 0 Å². The normalized spacial score (nSPS) is 16.6. The van der Waals surface area contributed by atoms with Crippen LogP contribution in [0.1, 0.15) is 28.4 Å². The number of benzene rings is 2. The molecule has 140 valence electrons. The number of amides is 1. The van der Waals surface area contributed by atoms with E-state index in [9.17, 15) is 13.2 Å². The van der Waals surface area contributed by atoms with Gasteiger partial charge >= 0.3 is 0 Å². The molecule has 0 spiro atoms. The molecule has 4 rings (SSSR count). The van der Waals surface area contributed by atoms with E-state index in [4.69, 9.17) is 0 Å². The average Bonchev–Trinajstić information content (AvgIpc) is 3.13. The summed E-state index contributed by atoms with van der Waals surface area (Å²) in [6.07, 6.45) is 1.79. The van der Waals surface area contributed by atoms with Gasteiger partial charge in [0.15, 0.2) is 5.13 Å². The Balaban J connectivity index is 1.62. The minimum atomic E-state index is -3.34. The summed E-state index contributed by atoms with van der Waals surface area (Å²) in [5.41, 5.74) is 3.96. The molecule has 2 aromatic carbocycles. The van der Waals surface area contributed by atoms with Crippen molar-refractivity contribution < 1.29 is 13.2 Å². The molecule has 6 nitrogen and oxygen atoms in total. The van der Waals surface area contributed by atoms with Crippen LogP contribution in [0.4, 0.5) is 10.8 Å². The second-order valence-electron chi connectivity index (χ2n) is 6.85. The molecular weight excluding hydrogens is 382 g/mol. The smallest absolute Gasteiger partial charge is 0.257 e. The molecule has 1 aliphatic heterocycles. The third kappa shape index (κ3) is 3.19. The van der Waals surface area contributed by atoms with Crippen LogP contribution in [0.5, 0.6) is 0 Å². The van der Waals surface area contributed by atoms with Gasteiger partial charge in [-0.15, -0.1) is 0 Å². The molecule has 1 aliphatic rings. The molecule has 0 saturated heterocycles. The predicted octanol–water partition coefficient (Wildman–Crippen LogP) is 3.57. The Hall–Kier alpha value is -2.45. The fraction of sp³-hybridized carbons (Fsp3) is 0.263. The van der Waals surface area contributed by atoms with Crippen molar-refractivity contribution in [2.45, 2.75) is 26.3 Å². The zero-order valence-corrected chi connectivity index (χ0v) is 16.8. The van der Waals surface area contributed by atoms with E-state index in [2.05, 4.69) is 10.3 Å². The van der Waals surface area contributed by atoms with Gasteiger partial charge in [-0.05, 0) is 55.7 Å². The molecule has 1 N–H and O–H groups in total. The zero-order valence-electron chi connectivity index (χ0n) is 15.2. The first-order valence-corrected chi connectivity index (χ1v) is 11.2. The van der Waals surface area contributed by atoms with Crippen LogP contribution in [0.2, 0.25) is 0 Å². The summed E-state index contributed by atoms with van der Waals surface area (Å²) >= 11 is 1.43. The number of sulfonamides is 1. The summed E-state index contributed by atoms with van der Waals surface area (Å²) < 4.78 is 26.5. The lowest BCUT2D eigenvalue weighted by Gasteiger charge is -2.21. The lowest BCUT2D eigenvalue weighted by Crippen LogP contribution is -2.34. The molecular formula is C19H19N3O3S2. The van der Waals surface area contributed by atoms with Crippen molar-refractivity contribution in [2.75, 3.05) is 15.9 Å². The summed E-state index contributed by atoms with van der Waals surface area (Å²) in [4.78, 5) is 17.2. The number of carbonyl (C=O) groups excluding carboxylic acids is 1. The molecule has 0 aliphatic carbocycles. The Labute approximate surface area is 161 Å². The van der Waals surface area contributed by atoms with Crippen molar-refractivity contribution in [3.05, 3.63) is 53.1 Å². The SMILES string of the molecule is Cc1cccc2sc(NC(=O)c3ccc4c(c3)C[C@H](C)N4S(C)(=O)=O)nc12. The topological polar surface area (TPSA) is 79.4 Å². The summed E-state index contributed by atoms with van der Waals surface area (Å²) in [6.45, 7) is 3.85. The van der Waals surface area contributed by atoms with Crippen molar-refractivity contribution in [2.24, 2.45) is 0 Å². The van der Waals surface area contributed by atoms with Crippen LogP contribution >= 0.6 is 11.3 Å². The molecule has 0 bridgehead atoms. The van der Waals surface area contributed by atoms with Crippen LogP contribution in [0.3, 0.4) is 0 Å². The van der Waals surface area contributed by atoms with E-state index in [-0.39, 0.29) is 11.9 Å². The van der Waals surface area contributed by atoms with Crippen LogP contribution in [0.15, 0.2) is 36.4 Å². The molecule has 1 aromatic heterocycles. The summed E-state index contributed by atoms with van der Waals surface area (Å²) in [5, 5.41) is 3.41. The second-order valence-corrected chi connectivity index (χ2v) is 9.74. The molecule has 0 unspecified atom stereocenters. The standard InChI is InChI=1S/C19H19N3O3S2/c1-11-5-4-6-16-17(11)20-19(26-16)21-18(23)13-7-8-15-14(10-13)9-12(2)22(15)27(3,24)25/h4-8,10,12H,9H2,1-3H3,(H,20,21,23)/t12-/m0/s1. The number of hydrogen-bond acceptors (Lipinski definition) is 5. The van der Waals surface area contributed by atoms with Crippen molar-refractivity contribution >= 4 is 48.3 Å². The molecule has 2 heterocycles. The monoisotopic (exact) mass is 401 g/mol. The third-order valence-corrected chi connectivity index (χ3v) is 6.90. The Bertz CT molecular complexity index is 1170. The minimum Gasteiger partial charge on any atom is -0.298 e. The number of nitrogens with one attached hydrogen (secondary N) is 1. The molecule has 1 amide bonds. The summed E-state index contributed by atoms with van der Waals surface area (Å²) in [6, 6.07) is 10.9. The Morgan fingerprint density at radius 2 is 2.07 bits per heavy atom. The fourth-order valence-corrected chi connectivity index (χ4v) is 5.76. The number of aryl methyl sites for hydroxylation is 1. The second kappa shape index (κ2) is 6.31. The van der Waals surface area contributed by atoms with E-state index in [1.807, 2.05) is 32.0 Å². The van der Waals surface area contributed by atoms with Crippen molar-refractivity contribution in [1.82, 2.24) is 4.98 Å². The first-order valence-electron chi connectivity index (χ1n) is 8.54. The van der Waals surface area contributed by atoms with Gasteiger partial charge in [-0.25, -0.2) is 13.4 Å². The number of aromatic nitrogens is 1. The fourth-order valence-electron chi connectivity index (χ4n) is 3.56. The maximum absolute atomic E-state index is 12.7. The molecule has 27 heavy (non-hydrogen) atoms. The van der Waals surface area contributed by atoms with Gasteiger partial charge in [-0.2, -0.15) is 0 Å². The van der Waals surface area contributed by atoms with Crippen molar-refractivity contribution in [3.63, 3.8) is 0 Å². The maximum Gasteiger partial charge on any atom is 0.257 e. The van der Waals surface area contributed by atoms with Gasteiger partial charge in [0.25, 0.3) is 5.91 Å². The van der Waals surface area contributed by atoms with Crippen LogP contribution in [0, 0.1) is 6.92 Å². The Morgan fingerprint density at radius 1 is 1.30 bits per heavy atom. The highest BCUT2D eigenvalue weighted by Gasteiger charge is 2.32. The van der Waals surface area contributed by atoms with Gasteiger partial charge in [0, 0.05) is 11.6 Å². The van der Waals surface area contributed by atoms with Crippen molar-refractivity contribution in [1.29, 1.82) is 0 Å². The molecule has 0 saturated carbocycles. The Morgan fingerprint density at radius 3 is 2.78 bits per heavy atom. The molecule has 1 atom stereocenters. The molecule has 0 fully saturated rings.